The smallest absolute Gasteiger partial charge is 0.331 e. The Morgan fingerprint density at radius 3 is 2.70 bits per heavy atom. The van der Waals surface area contributed by atoms with Crippen LogP contribution in [0, 0.1) is 10.1 Å². The van der Waals surface area contributed by atoms with Gasteiger partial charge in [0.1, 0.15) is 5.75 Å². The number of nitro groups is 1. The molecule has 1 N–H and O–H groups in total. The summed E-state index contributed by atoms with van der Waals surface area (Å²) in [5.41, 5.74) is 0.704. The normalized spacial score (nSPS) is 10.4. The van der Waals surface area contributed by atoms with Gasteiger partial charge in [0.25, 0.3) is 11.6 Å². The van der Waals surface area contributed by atoms with Crippen molar-refractivity contribution in [1.29, 1.82) is 0 Å². The van der Waals surface area contributed by atoms with Crippen LogP contribution in [0.4, 0.5) is 11.4 Å². The van der Waals surface area contributed by atoms with Crippen LogP contribution in [0.25, 0.3) is 6.08 Å². The van der Waals surface area contributed by atoms with Crippen LogP contribution in [0.2, 0.25) is 5.02 Å². The maximum atomic E-state index is 11.8. The van der Waals surface area contributed by atoms with Gasteiger partial charge in [-0.3, -0.25) is 14.9 Å². The predicted octanol–water partition coefficient (Wildman–Crippen LogP) is 3.45. The fourth-order valence-corrected chi connectivity index (χ4v) is 2.22. The van der Waals surface area contributed by atoms with Crippen LogP contribution in [0.5, 0.6) is 5.75 Å². The molecule has 0 unspecified atom stereocenters. The van der Waals surface area contributed by atoms with Crippen molar-refractivity contribution < 1.29 is 24.0 Å². The third-order valence-corrected chi connectivity index (χ3v) is 3.60. The Kier molecular flexibility index (Phi) is 6.90. The molecule has 0 fully saturated rings. The number of rotatable bonds is 7. The molecule has 2 rings (SSSR count). The van der Waals surface area contributed by atoms with Crippen molar-refractivity contribution in [3.05, 3.63) is 69.2 Å². The summed E-state index contributed by atoms with van der Waals surface area (Å²) in [7, 11) is 1.53. The van der Waals surface area contributed by atoms with Gasteiger partial charge < -0.3 is 14.8 Å². The van der Waals surface area contributed by atoms with Gasteiger partial charge in [0.15, 0.2) is 6.61 Å². The molecule has 0 saturated heterocycles. The van der Waals surface area contributed by atoms with E-state index in [0.717, 1.165) is 11.6 Å². The van der Waals surface area contributed by atoms with E-state index in [2.05, 4.69) is 5.32 Å². The minimum atomic E-state index is -0.706. The SMILES string of the molecule is COc1cccc(/C=C/C(=O)OCC(=O)Nc2ccc([N+](=O)[O-])cc2Cl)c1. The first-order valence-corrected chi connectivity index (χ1v) is 7.99. The summed E-state index contributed by atoms with van der Waals surface area (Å²) in [5.74, 6) is -0.693. The Bertz CT molecular complexity index is 897. The highest BCUT2D eigenvalue weighted by molar-refractivity contribution is 6.34. The molecule has 0 atom stereocenters. The van der Waals surface area contributed by atoms with Crippen LogP contribution < -0.4 is 10.1 Å². The number of amides is 1. The van der Waals surface area contributed by atoms with E-state index in [1.807, 2.05) is 0 Å². The first-order chi connectivity index (χ1) is 12.9. The quantitative estimate of drug-likeness (QED) is 0.336. The monoisotopic (exact) mass is 390 g/mol. The van der Waals surface area contributed by atoms with Gasteiger partial charge in [-0.15, -0.1) is 0 Å². The first kappa shape index (κ1) is 19.9. The van der Waals surface area contributed by atoms with Gasteiger partial charge in [-0.2, -0.15) is 0 Å². The number of ether oxygens (including phenoxy) is 2. The van der Waals surface area contributed by atoms with E-state index in [0.29, 0.717) is 5.75 Å². The van der Waals surface area contributed by atoms with Gasteiger partial charge in [-0.05, 0) is 29.8 Å². The summed E-state index contributed by atoms with van der Waals surface area (Å²) in [6, 6.07) is 10.6. The molecule has 2 aromatic carbocycles. The van der Waals surface area contributed by atoms with Crippen molar-refractivity contribution in [2.24, 2.45) is 0 Å². The van der Waals surface area contributed by atoms with Crippen molar-refractivity contribution in [2.75, 3.05) is 19.0 Å². The summed E-state index contributed by atoms with van der Waals surface area (Å²) in [4.78, 5) is 33.6. The molecule has 0 aliphatic heterocycles. The van der Waals surface area contributed by atoms with Gasteiger partial charge in [-0.25, -0.2) is 4.79 Å². The van der Waals surface area contributed by atoms with E-state index >= 15 is 0 Å². The van der Waals surface area contributed by atoms with Gasteiger partial charge in [-0.1, -0.05) is 23.7 Å². The van der Waals surface area contributed by atoms with E-state index < -0.39 is 23.4 Å². The molecule has 1 amide bonds. The summed E-state index contributed by atoms with van der Waals surface area (Å²) >= 11 is 5.87. The Morgan fingerprint density at radius 2 is 2.04 bits per heavy atom. The maximum Gasteiger partial charge on any atom is 0.331 e. The lowest BCUT2D eigenvalue weighted by atomic mass is 10.2. The third-order valence-electron chi connectivity index (χ3n) is 3.29. The number of anilines is 1. The Hall–Kier alpha value is -3.39. The summed E-state index contributed by atoms with van der Waals surface area (Å²) < 4.78 is 9.91. The van der Waals surface area contributed by atoms with Crippen molar-refractivity contribution in [2.45, 2.75) is 0 Å². The fraction of sp³-hybridized carbons (Fsp3) is 0.111. The lowest BCUT2D eigenvalue weighted by Gasteiger charge is -2.07. The molecule has 0 bridgehead atoms. The predicted molar refractivity (Wildman–Crippen MR) is 99.7 cm³/mol. The summed E-state index contributed by atoms with van der Waals surface area (Å²) in [5, 5.41) is 13.1. The van der Waals surface area contributed by atoms with Crippen molar-refractivity contribution in [1.82, 2.24) is 0 Å². The number of hydrogen-bond donors (Lipinski definition) is 1. The number of nitrogens with one attached hydrogen (secondary N) is 1. The molecule has 0 spiro atoms. The van der Waals surface area contributed by atoms with Gasteiger partial charge in [0.05, 0.1) is 22.7 Å². The number of halogens is 1. The van der Waals surface area contributed by atoms with Crippen molar-refractivity contribution in [3.8, 4) is 5.75 Å². The van der Waals surface area contributed by atoms with Crippen LogP contribution in [0.3, 0.4) is 0 Å². The van der Waals surface area contributed by atoms with E-state index in [9.17, 15) is 19.7 Å². The zero-order valence-corrected chi connectivity index (χ0v) is 14.9. The molecule has 140 valence electrons. The average molecular weight is 391 g/mol. The average Bonchev–Trinajstić information content (AvgIpc) is 2.66. The molecular weight excluding hydrogens is 376 g/mol. The van der Waals surface area contributed by atoms with Crippen LogP contribution >= 0.6 is 11.6 Å². The highest BCUT2D eigenvalue weighted by Gasteiger charge is 2.12. The minimum Gasteiger partial charge on any atom is -0.497 e. The number of nitro benzene ring substituents is 1. The molecule has 2 aromatic rings. The summed E-state index contributed by atoms with van der Waals surface area (Å²) in [6.07, 6.45) is 2.71. The number of carbonyl (C=O) groups is 2. The van der Waals surface area contributed by atoms with E-state index in [1.165, 1.54) is 31.4 Å². The van der Waals surface area contributed by atoms with Crippen LogP contribution in [0.1, 0.15) is 5.56 Å². The van der Waals surface area contributed by atoms with Gasteiger partial charge in [0.2, 0.25) is 0 Å². The topological polar surface area (TPSA) is 108 Å². The highest BCUT2D eigenvalue weighted by Crippen LogP contribution is 2.26. The van der Waals surface area contributed by atoms with E-state index in [4.69, 9.17) is 21.1 Å². The van der Waals surface area contributed by atoms with Crippen LogP contribution in [-0.4, -0.2) is 30.5 Å². The lowest BCUT2D eigenvalue weighted by Crippen LogP contribution is -2.20. The van der Waals surface area contributed by atoms with Crippen molar-refractivity contribution in [3.63, 3.8) is 0 Å². The Labute approximate surface area is 159 Å². The van der Waals surface area contributed by atoms with Crippen LogP contribution in [-0.2, 0) is 14.3 Å². The molecule has 0 saturated carbocycles. The largest absolute Gasteiger partial charge is 0.497 e. The number of non-ortho nitro benzene ring substituents is 1. The minimum absolute atomic E-state index is 0.00166. The molecule has 0 aliphatic carbocycles. The number of esters is 1. The zero-order valence-electron chi connectivity index (χ0n) is 14.2. The fourth-order valence-electron chi connectivity index (χ4n) is 2.00. The first-order valence-electron chi connectivity index (χ1n) is 7.61. The molecule has 9 heteroatoms. The standard InChI is InChI=1S/C18H15ClN2O6/c1-26-14-4-2-3-12(9-14)5-8-18(23)27-11-17(22)20-16-7-6-13(21(24)25)10-15(16)19/h2-10H,11H2,1H3,(H,20,22)/b8-5+. The molecule has 0 heterocycles. The van der Waals surface area contributed by atoms with E-state index in [-0.39, 0.29) is 16.4 Å². The number of hydrogen-bond acceptors (Lipinski definition) is 6. The van der Waals surface area contributed by atoms with Gasteiger partial charge in [0, 0.05) is 18.2 Å². The second kappa shape index (κ2) is 9.35. The van der Waals surface area contributed by atoms with E-state index in [1.54, 1.807) is 24.3 Å². The lowest BCUT2D eigenvalue weighted by molar-refractivity contribution is -0.384. The molecular formula is C18H15ClN2O6. The molecule has 0 aliphatic rings. The number of carbonyl (C=O) groups excluding carboxylic acids is 2. The molecule has 27 heavy (non-hydrogen) atoms. The number of methoxy groups -OCH3 is 1. The van der Waals surface area contributed by atoms with Crippen LogP contribution in [0.15, 0.2) is 48.5 Å². The second-order valence-electron chi connectivity index (χ2n) is 5.19. The second-order valence-corrected chi connectivity index (χ2v) is 5.59. The maximum absolute atomic E-state index is 11.8. The highest BCUT2D eigenvalue weighted by atomic mass is 35.5. The Balaban J connectivity index is 1.86. The van der Waals surface area contributed by atoms with Crippen molar-refractivity contribution >= 4 is 40.9 Å². The molecule has 0 radical (unpaired) electrons. The Morgan fingerprint density at radius 1 is 1.26 bits per heavy atom. The number of benzene rings is 2. The summed E-state index contributed by atoms with van der Waals surface area (Å²) in [6.45, 7) is -0.533. The number of nitrogens with zero attached hydrogens (tertiary/aromatic N) is 1. The zero-order chi connectivity index (χ0) is 19.8. The molecule has 8 nitrogen and oxygen atoms in total. The van der Waals surface area contributed by atoms with Gasteiger partial charge >= 0.3 is 5.97 Å². The third kappa shape index (κ3) is 6.12. The molecule has 0 aromatic heterocycles.